The summed E-state index contributed by atoms with van der Waals surface area (Å²) in [5, 5.41) is 17.9. The van der Waals surface area contributed by atoms with Gasteiger partial charge in [-0.2, -0.15) is 0 Å². The number of aliphatic hydroxyl groups is 1. The molecule has 0 spiro atoms. The zero-order valence-corrected chi connectivity index (χ0v) is 15.8. The summed E-state index contributed by atoms with van der Waals surface area (Å²) in [6.45, 7) is 1.72. The van der Waals surface area contributed by atoms with E-state index in [-0.39, 0.29) is 18.0 Å². The maximum atomic E-state index is 13.5. The fourth-order valence-electron chi connectivity index (χ4n) is 3.63. The summed E-state index contributed by atoms with van der Waals surface area (Å²) in [6.07, 6.45) is 1.84. The van der Waals surface area contributed by atoms with E-state index in [0.717, 1.165) is 12.4 Å². The molecule has 0 bridgehead atoms. The minimum absolute atomic E-state index is 0.190. The Morgan fingerprint density at radius 1 is 1.32 bits per heavy atom. The smallest absolute Gasteiger partial charge is 0.167 e. The number of nitrogens with one attached hydrogen (secondary N) is 1. The Labute approximate surface area is 162 Å². The second-order valence-corrected chi connectivity index (χ2v) is 7.34. The monoisotopic (exact) mass is 386 g/mol. The number of benzene rings is 1. The van der Waals surface area contributed by atoms with Crippen LogP contribution in [-0.4, -0.2) is 64.5 Å². The molecule has 1 saturated heterocycles. The van der Waals surface area contributed by atoms with E-state index in [4.69, 9.17) is 4.52 Å². The van der Waals surface area contributed by atoms with Crippen LogP contribution in [0.2, 0.25) is 0 Å². The first-order valence-corrected chi connectivity index (χ1v) is 9.19. The highest BCUT2D eigenvalue weighted by Crippen LogP contribution is 2.26. The summed E-state index contributed by atoms with van der Waals surface area (Å²) < 4.78 is 18.7. The summed E-state index contributed by atoms with van der Waals surface area (Å²) in [5.41, 5.74) is 1.15. The molecule has 1 aromatic carbocycles. The molecular weight excluding hydrogens is 363 g/mol. The molecule has 0 saturated carbocycles. The molecule has 1 fully saturated rings. The van der Waals surface area contributed by atoms with Crippen LogP contribution in [0, 0.1) is 5.82 Å². The number of likely N-dealkylation sites (N-methyl/N-ethyl adjacent to an activating group) is 1. The van der Waals surface area contributed by atoms with E-state index in [9.17, 15) is 9.50 Å². The van der Waals surface area contributed by atoms with Gasteiger partial charge in [0.25, 0.3) is 0 Å². The number of aliphatic hydroxyl groups excluding tert-OH is 1. The number of aromatic nitrogens is 3. The Morgan fingerprint density at radius 3 is 3.00 bits per heavy atom. The average Bonchev–Trinajstić information content (AvgIpc) is 3.22. The summed E-state index contributed by atoms with van der Waals surface area (Å²) in [6, 6.07) is 6.36. The van der Waals surface area contributed by atoms with Gasteiger partial charge in [0.15, 0.2) is 5.58 Å². The van der Waals surface area contributed by atoms with Crippen molar-refractivity contribution in [1.29, 1.82) is 0 Å². The Kier molecular flexibility index (Phi) is 5.10. The summed E-state index contributed by atoms with van der Waals surface area (Å²) >= 11 is 0. The molecule has 0 unspecified atom stereocenters. The summed E-state index contributed by atoms with van der Waals surface area (Å²) in [4.78, 5) is 12.9. The quantitative estimate of drug-likeness (QED) is 0.664. The number of rotatable bonds is 6. The third kappa shape index (κ3) is 3.90. The molecule has 148 valence electrons. The molecule has 9 heteroatoms. The molecule has 3 aromatic rings. The molecule has 0 radical (unpaired) electrons. The summed E-state index contributed by atoms with van der Waals surface area (Å²) in [5.74, 6) is 1.06. The SMILES string of the molecule is CN(C)C[C@H]1C[C@@H](O)CN1c1cc(NCc2noc3ccc(F)cc23)ncn1. The van der Waals surface area contributed by atoms with Crippen molar-refractivity contribution >= 4 is 22.6 Å². The Hall–Kier alpha value is -2.78. The molecule has 0 aliphatic carbocycles. The third-order valence-electron chi connectivity index (χ3n) is 4.86. The number of β-amino-alcohol motifs (C(OH)–C–C–N with tert-alkyl or cyclic N) is 1. The van der Waals surface area contributed by atoms with E-state index in [1.54, 1.807) is 6.07 Å². The minimum Gasteiger partial charge on any atom is -0.391 e. The van der Waals surface area contributed by atoms with Gasteiger partial charge in [0.1, 0.15) is 29.5 Å². The molecule has 1 aliphatic rings. The average molecular weight is 386 g/mol. The Morgan fingerprint density at radius 2 is 2.18 bits per heavy atom. The number of hydrogen-bond acceptors (Lipinski definition) is 8. The van der Waals surface area contributed by atoms with Crippen molar-refractivity contribution < 1.29 is 14.0 Å². The largest absolute Gasteiger partial charge is 0.391 e. The van der Waals surface area contributed by atoms with Crippen molar-refractivity contribution in [3.63, 3.8) is 0 Å². The standard InChI is InChI=1S/C19H23FN6O2/c1-25(2)9-13-6-14(27)10-26(13)19-7-18(22-11-23-19)21-8-16-15-5-12(20)3-4-17(15)28-24-16/h3-5,7,11,13-14,27H,6,8-10H2,1-2H3,(H,21,22,23)/t13-,14-/m1/s1. The van der Waals surface area contributed by atoms with Crippen LogP contribution in [0.25, 0.3) is 11.0 Å². The second-order valence-electron chi connectivity index (χ2n) is 7.34. The number of halogens is 1. The van der Waals surface area contributed by atoms with Gasteiger partial charge in [0.2, 0.25) is 0 Å². The molecule has 8 nitrogen and oxygen atoms in total. The molecule has 2 N–H and O–H groups in total. The second kappa shape index (κ2) is 7.69. The molecule has 3 heterocycles. The highest BCUT2D eigenvalue weighted by molar-refractivity contribution is 5.79. The molecule has 4 rings (SSSR count). The van der Waals surface area contributed by atoms with Crippen LogP contribution in [0.1, 0.15) is 12.1 Å². The van der Waals surface area contributed by atoms with Gasteiger partial charge in [-0.25, -0.2) is 14.4 Å². The summed E-state index contributed by atoms with van der Waals surface area (Å²) in [7, 11) is 4.03. The van der Waals surface area contributed by atoms with E-state index in [0.29, 0.717) is 42.0 Å². The third-order valence-corrected chi connectivity index (χ3v) is 4.86. The van der Waals surface area contributed by atoms with Crippen LogP contribution in [0.4, 0.5) is 16.0 Å². The van der Waals surface area contributed by atoms with Gasteiger partial charge in [-0.1, -0.05) is 5.16 Å². The van der Waals surface area contributed by atoms with Crippen LogP contribution >= 0.6 is 0 Å². The predicted molar refractivity (Wildman–Crippen MR) is 104 cm³/mol. The van der Waals surface area contributed by atoms with Gasteiger partial charge in [-0.15, -0.1) is 0 Å². The highest BCUT2D eigenvalue weighted by atomic mass is 19.1. The fourth-order valence-corrected chi connectivity index (χ4v) is 3.63. The maximum Gasteiger partial charge on any atom is 0.167 e. The first kappa shape index (κ1) is 18.6. The molecule has 0 amide bonds. The zero-order chi connectivity index (χ0) is 19.7. The minimum atomic E-state index is -0.368. The predicted octanol–water partition coefficient (Wildman–Crippen LogP) is 1.87. The number of fused-ring (bicyclic) bond motifs is 1. The lowest BCUT2D eigenvalue weighted by Gasteiger charge is -2.27. The van der Waals surface area contributed by atoms with Gasteiger partial charge < -0.3 is 24.7 Å². The van der Waals surface area contributed by atoms with Gasteiger partial charge in [0, 0.05) is 30.6 Å². The highest BCUT2D eigenvalue weighted by Gasteiger charge is 2.32. The number of anilines is 2. The first-order chi connectivity index (χ1) is 13.5. The fraction of sp³-hybridized carbons (Fsp3) is 0.421. The van der Waals surface area contributed by atoms with Gasteiger partial charge in [-0.3, -0.25) is 0 Å². The van der Waals surface area contributed by atoms with E-state index in [2.05, 4.69) is 30.2 Å². The molecular formula is C19H23FN6O2. The Bertz CT molecular complexity index is 963. The van der Waals surface area contributed by atoms with Crippen molar-refractivity contribution in [1.82, 2.24) is 20.0 Å². The van der Waals surface area contributed by atoms with Crippen molar-refractivity contribution in [3.05, 3.63) is 42.1 Å². The van der Waals surface area contributed by atoms with Crippen LogP contribution in [-0.2, 0) is 6.54 Å². The van der Waals surface area contributed by atoms with Gasteiger partial charge >= 0.3 is 0 Å². The normalized spacial score (nSPS) is 19.7. The zero-order valence-electron chi connectivity index (χ0n) is 15.8. The number of nitrogens with zero attached hydrogens (tertiary/aromatic N) is 5. The Balaban J connectivity index is 1.50. The van der Waals surface area contributed by atoms with E-state index >= 15 is 0 Å². The molecule has 2 atom stereocenters. The molecule has 2 aromatic heterocycles. The molecule has 28 heavy (non-hydrogen) atoms. The van der Waals surface area contributed by atoms with Crippen LogP contribution in [0.5, 0.6) is 0 Å². The van der Waals surface area contributed by atoms with E-state index < -0.39 is 0 Å². The number of hydrogen-bond donors (Lipinski definition) is 2. The topological polar surface area (TPSA) is 90.6 Å². The van der Waals surface area contributed by atoms with Gasteiger partial charge in [0.05, 0.1) is 12.6 Å². The van der Waals surface area contributed by atoms with Crippen LogP contribution < -0.4 is 10.2 Å². The lowest BCUT2D eigenvalue weighted by molar-refractivity contribution is 0.191. The first-order valence-electron chi connectivity index (χ1n) is 9.19. The van der Waals surface area contributed by atoms with Crippen LogP contribution in [0.3, 0.4) is 0 Å². The van der Waals surface area contributed by atoms with Crippen molar-refractivity contribution in [2.24, 2.45) is 0 Å². The molecule has 1 aliphatic heterocycles. The van der Waals surface area contributed by atoms with E-state index in [1.807, 2.05) is 20.2 Å². The van der Waals surface area contributed by atoms with Gasteiger partial charge in [-0.05, 0) is 38.7 Å². The van der Waals surface area contributed by atoms with Crippen molar-refractivity contribution in [3.8, 4) is 0 Å². The van der Waals surface area contributed by atoms with Crippen LogP contribution in [0.15, 0.2) is 35.1 Å². The van der Waals surface area contributed by atoms with E-state index in [1.165, 1.54) is 18.5 Å². The lowest BCUT2D eigenvalue weighted by Crippen LogP contribution is -2.38. The lowest BCUT2D eigenvalue weighted by atomic mass is 10.2. The van der Waals surface area contributed by atoms with Crippen molar-refractivity contribution in [2.45, 2.75) is 25.1 Å². The van der Waals surface area contributed by atoms with Crippen molar-refractivity contribution in [2.75, 3.05) is 37.4 Å². The maximum absolute atomic E-state index is 13.5.